The molecule has 4 nitrogen and oxygen atoms in total. The second-order valence-corrected chi connectivity index (χ2v) is 8.00. The molecule has 2 rings (SSSR count). The lowest BCUT2D eigenvalue weighted by Gasteiger charge is -2.31. The smallest absolute Gasteiger partial charge is 0.303 e. The molecule has 26 heavy (non-hydrogen) atoms. The third-order valence-electron chi connectivity index (χ3n) is 5.66. The van der Waals surface area contributed by atoms with Gasteiger partial charge in [0.25, 0.3) is 0 Å². The van der Waals surface area contributed by atoms with Gasteiger partial charge in [-0.15, -0.1) is 0 Å². The first-order valence-corrected chi connectivity index (χ1v) is 10.5. The van der Waals surface area contributed by atoms with E-state index in [1.165, 1.54) is 25.7 Å². The number of hydrogen-bond donors (Lipinski definition) is 1. The zero-order valence-corrected chi connectivity index (χ0v) is 16.4. The van der Waals surface area contributed by atoms with Crippen LogP contribution >= 0.6 is 0 Å². The molecule has 1 saturated heterocycles. The summed E-state index contributed by atoms with van der Waals surface area (Å²) in [5.41, 5.74) is 0. The topological polar surface area (TPSA) is 55.8 Å². The van der Waals surface area contributed by atoms with E-state index in [0.717, 1.165) is 25.7 Å². The van der Waals surface area contributed by atoms with Crippen molar-refractivity contribution in [2.75, 3.05) is 0 Å². The number of rotatable bonds is 12. The second kappa shape index (κ2) is 11.6. The molecule has 1 N–H and O–H groups in total. The Morgan fingerprint density at radius 1 is 1.19 bits per heavy atom. The Morgan fingerprint density at radius 3 is 2.81 bits per heavy atom. The lowest BCUT2D eigenvalue weighted by Crippen LogP contribution is -2.32. The largest absolute Gasteiger partial charge is 0.481 e. The van der Waals surface area contributed by atoms with Gasteiger partial charge in [0, 0.05) is 12.8 Å². The third-order valence-corrected chi connectivity index (χ3v) is 5.66. The molecular weight excluding hydrogens is 328 g/mol. The van der Waals surface area contributed by atoms with E-state index in [0.29, 0.717) is 24.2 Å². The van der Waals surface area contributed by atoms with Gasteiger partial charge in [0.2, 0.25) is 0 Å². The van der Waals surface area contributed by atoms with Gasteiger partial charge in [-0.3, -0.25) is 4.79 Å². The number of carbonyl (C=O) groups is 1. The monoisotopic (exact) mass is 364 g/mol. The summed E-state index contributed by atoms with van der Waals surface area (Å²) in [4.78, 5) is 21.6. The quantitative estimate of drug-likeness (QED) is 0.275. The van der Waals surface area contributed by atoms with Crippen molar-refractivity contribution in [2.45, 2.75) is 90.3 Å². The Balaban J connectivity index is 1.82. The minimum absolute atomic E-state index is 0.197. The maximum Gasteiger partial charge on any atom is 0.303 e. The molecule has 0 aromatic carbocycles. The Hall–Kier alpha value is -1.13. The fraction of sp³-hybridized carbons (Fsp3) is 0.773. The van der Waals surface area contributed by atoms with Crippen LogP contribution in [0.25, 0.3) is 0 Å². The summed E-state index contributed by atoms with van der Waals surface area (Å²) < 4.78 is 0. The fourth-order valence-corrected chi connectivity index (χ4v) is 4.06. The molecule has 4 heteroatoms. The first-order valence-electron chi connectivity index (χ1n) is 10.5. The average molecular weight is 365 g/mol. The van der Waals surface area contributed by atoms with Crippen molar-refractivity contribution in [1.29, 1.82) is 0 Å². The van der Waals surface area contributed by atoms with Crippen molar-refractivity contribution < 1.29 is 19.7 Å². The normalized spacial score (nSPS) is 29.6. The highest BCUT2D eigenvalue weighted by molar-refractivity contribution is 5.66. The zero-order chi connectivity index (χ0) is 18.8. The van der Waals surface area contributed by atoms with Crippen molar-refractivity contribution in [3.05, 3.63) is 24.3 Å². The van der Waals surface area contributed by atoms with Crippen LogP contribution in [-0.4, -0.2) is 23.3 Å². The molecule has 5 unspecified atom stereocenters. The number of carboxylic acids is 1. The standard InChI is InChI=1S/C22H36O4/c1-3-4-7-10-17(2)13-14-18-15-19-16-21(26-25-19)20(18)11-8-5-6-9-12-22(23)24/h5,8,13-14,17-21H,3-4,6-7,9-12,15-16H2,1-2H3,(H,23,24). The molecule has 0 spiro atoms. The van der Waals surface area contributed by atoms with E-state index < -0.39 is 5.97 Å². The molecule has 0 radical (unpaired) electrons. The third kappa shape index (κ3) is 7.24. The van der Waals surface area contributed by atoms with Gasteiger partial charge in [0.05, 0.1) is 12.2 Å². The maximum atomic E-state index is 10.6. The van der Waals surface area contributed by atoms with Gasteiger partial charge in [-0.05, 0) is 49.9 Å². The molecule has 2 bridgehead atoms. The molecule has 1 saturated carbocycles. The van der Waals surface area contributed by atoms with Gasteiger partial charge >= 0.3 is 5.97 Å². The van der Waals surface area contributed by atoms with Crippen molar-refractivity contribution in [1.82, 2.24) is 0 Å². The highest BCUT2D eigenvalue weighted by Crippen LogP contribution is 2.41. The Labute approximate surface area is 158 Å². The summed E-state index contributed by atoms with van der Waals surface area (Å²) in [7, 11) is 0. The number of allylic oxidation sites excluding steroid dienone is 4. The molecule has 0 amide bonds. The predicted octanol–water partition coefficient (Wildman–Crippen LogP) is 5.69. The van der Waals surface area contributed by atoms with E-state index in [2.05, 4.69) is 38.2 Å². The zero-order valence-electron chi connectivity index (χ0n) is 16.4. The highest BCUT2D eigenvalue weighted by atomic mass is 17.2. The van der Waals surface area contributed by atoms with E-state index >= 15 is 0 Å². The van der Waals surface area contributed by atoms with E-state index in [1.54, 1.807) is 0 Å². The predicted molar refractivity (Wildman–Crippen MR) is 104 cm³/mol. The minimum atomic E-state index is -0.716. The van der Waals surface area contributed by atoms with Crippen LogP contribution in [0, 0.1) is 17.8 Å². The summed E-state index contributed by atoms with van der Waals surface area (Å²) in [5.74, 6) is 0.892. The van der Waals surface area contributed by atoms with Crippen LogP contribution in [0.2, 0.25) is 0 Å². The maximum absolute atomic E-state index is 10.6. The SMILES string of the molecule is CCCCCC(C)C=CC1CC2CC(OO2)C1CC=CCCCC(=O)O. The van der Waals surface area contributed by atoms with E-state index in [4.69, 9.17) is 14.9 Å². The van der Waals surface area contributed by atoms with Crippen molar-refractivity contribution >= 4 is 5.97 Å². The summed E-state index contributed by atoms with van der Waals surface area (Å²) in [6.07, 6.45) is 19.6. The summed E-state index contributed by atoms with van der Waals surface area (Å²) in [6.45, 7) is 4.56. The lowest BCUT2D eigenvalue weighted by molar-refractivity contribution is -0.295. The van der Waals surface area contributed by atoms with E-state index in [1.807, 2.05) is 0 Å². The van der Waals surface area contributed by atoms with Crippen LogP contribution in [0.15, 0.2) is 24.3 Å². The summed E-state index contributed by atoms with van der Waals surface area (Å²) in [6, 6.07) is 0. The fourth-order valence-electron chi connectivity index (χ4n) is 4.06. The number of fused-ring (bicyclic) bond motifs is 2. The first kappa shape index (κ1) is 21.2. The summed E-state index contributed by atoms with van der Waals surface area (Å²) in [5, 5.41) is 8.69. The van der Waals surface area contributed by atoms with Crippen molar-refractivity contribution in [3.63, 3.8) is 0 Å². The minimum Gasteiger partial charge on any atom is -0.481 e. The van der Waals surface area contributed by atoms with Crippen LogP contribution in [0.5, 0.6) is 0 Å². The Bertz CT molecular complexity index is 471. The number of unbranched alkanes of at least 4 members (excludes halogenated alkanes) is 3. The molecule has 1 aliphatic carbocycles. The highest BCUT2D eigenvalue weighted by Gasteiger charge is 2.43. The second-order valence-electron chi connectivity index (χ2n) is 8.00. The molecule has 1 heterocycles. The number of hydrogen-bond acceptors (Lipinski definition) is 3. The Kier molecular flexibility index (Phi) is 9.41. The van der Waals surface area contributed by atoms with Gasteiger partial charge in [0.15, 0.2) is 0 Å². The average Bonchev–Trinajstić information content (AvgIpc) is 3.00. The van der Waals surface area contributed by atoms with Gasteiger partial charge in [0.1, 0.15) is 0 Å². The van der Waals surface area contributed by atoms with Crippen LogP contribution in [0.1, 0.15) is 78.1 Å². The molecule has 5 atom stereocenters. The molecular formula is C22H36O4. The number of carboxylic acid groups (broad SMARTS) is 1. The summed E-state index contributed by atoms with van der Waals surface area (Å²) >= 11 is 0. The molecule has 0 aromatic rings. The van der Waals surface area contributed by atoms with E-state index in [9.17, 15) is 4.79 Å². The van der Waals surface area contributed by atoms with Gasteiger partial charge in [-0.1, -0.05) is 57.4 Å². The van der Waals surface area contributed by atoms with Crippen LogP contribution in [0.3, 0.4) is 0 Å². The lowest BCUT2D eigenvalue weighted by atomic mass is 9.74. The first-order chi connectivity index (χ1) is 12.6. The molecule has 2 fully saturated rings. The van der Waals surface area contributed by atoms with Crippen molar-refractivity contribution in [3.8, 4) is 0 Å². The number of aliphatic carboxylic acids is 1. The Morgan fingerprint density at radius 2 is 2.04 bits per heavy atom. The van der Waals surface area contributed by atoms with E-state index in [-0.39, 0.29) is 18.6 Å². The van der Waals surface area contributed by atoms with Crippen LogP contribution < -0.4 is 0 Å². The molecule has 0 aromatic heterocycles. The van der Waals surface area contributed by atoms with Gasteiger partial charge in [-0.25, -0.2) is 9.78 Å². The molecule has 148 valence electrons. The van der Waals surface area contributed by atoms with Crippen molar-refractivity contribution in [2.24, 2.45) is 17.8 Å². The molecule has 1 aliphatic heterocycles. The van der Waals surface area contributed by atoms with Crippen LogP contribution in [-0.2, 0) is 14.6 Å². The van der Waals surface area contributed by atoms with Gasteiger partial charge < -0.3 is 5.11 Å². The van der Waals surface area contributed by atoms with Crippen LogP contribution in [0.4, 0.5) is 0 Å². The molecule has 2 aliphatic rings. The van der Waals surface area contributed by atoms with Gasteiger partial charge in [-0.2, -0.15) is 0 Å².